The van der Waals surface area contributed by atoms with Crippen LogP contribution in [0.5, 0.6) is 0 Å². The molecule has 3 rings (SSSR count). The molecule has 0 bridgehead atoms. The van der Waals surface area contributed by atoms with Gasteiger partial charge in [0, 0.05) is 15.4 Å². The summed E-state index contributed by atoms with van der Waals surface area (Å²) in [6.45, 7) is 1.10. The topological polar surface area (TPSA) is 94.5 Å². The second kappa shape index (κ2) is 10.7. The van der Waals surface area contributed by atoms with Gasteiger partial charge in [0.1, 0.15) is 6.54 Å². The highest BCUT2D eigenvalue weighted by Gasteiger charge is 2.09. The van der Waals surface area contributed by atoms with Gasteiger partial charge >= 0.3 is 5.97 Å². The van der Waals surface area contributed by atoms with E-state index < -0.39 is 22.7 Å². The smallest absolute Gasteiger partial charge is 0.335 e. The summed E-state index contributed by atoms with van der Waals surface area (Å²) in [6, 6.07) is 21.7. The highest BCUT2D eigenvalue weighted by Crippen LogP contribution is 2.17. The minimum atomic E-state index is -1.50. The second-order valence-corrected chi connectivity index (χ2v) is 9.32. The summed E-state index contributed by atoms with van der Waals surface area (Å²) in [5.41, 5.74) is 1.52. The number of nitrogens with zero attached hydrogens (tertiary/aromatic N) is 1. The molecule has 7 heteroatoms. The van der Waals surface area contributed by atoms with Gasteiger partial charge in [0.2, 0.25) is 0 Å². The molecule has 0 saturated heterocycles. The molecule has 3 aromatic rings. The number of benzene rings is 3. The number of hydrogen-bond acceptors (Lipinski definition) is 4. The summed E-state index contributed by atoms with van der Waals surface area (Å²) >= 11 is 0. The number of rotatable bonds is 6. The Bertz CT molecular complexity index is 981. The van der Waals surface area contributed by atoms with Crippen molar-refractivity contribution in [3.05, 3.63) is 95.6 Å². The normalized spacial score (nSPS) is 11.7. The minimum Gasteiger partial charge on any atom is -0.545 e. The number of carbonyl (C=O) groups is 2. The van der Waals surface area contributed by atoms with Crippen molar-refractivity contribution in [2.24, 2.45) is 0 Å². The molecule has 3 aromatic carbocycles. The molecule has 1 atom stereocenters. The van der Waals surface area contributed by atoms with E-state index in [-0.39, 0.29) is 11.1 Å². The SMILES string of the molecule is C[N+](C)(C)Cc1ccccc1.O=C([O-])c1ccc(S(=O)c2ccc(C(=O)O)cc2)cc1. The maximum absolute atomic E-state index is 12.2. The van der Waals surface area contributed by atoms with Crippen molar-refractivity contribution >= 4 is 22.7 Å². The molecule has 0 aliphatic carbocycles. The van der Waals surface area contributed by atoms with E-state index in [1.807, 2.05) is 0 Å². The van der Waals surface area contributed by atoms with Gasteiger partial charge in [-0.05, 0) is 42.0 Å². The maximum Gasteiger partial charge on any atom is 0.335 e. The van der Waals surface area contributed by atoms with Gasteiger partial charge in [-0.25, -0.2) is 9.00 Å². The van der Waals surface area contributed by atoms with Crippen LogP contribution in [0.2, 0.25) is 0 Å². The third-order valence-corrected chi connectivity index (χ3v) is 5.52. The molecule has 0 aromatic heterocycles. The molecule has 1 N–H and O–H groups in total. The van der Waals surface area contributed by atoms with Crippen LogP contribution >= 0.6 is 0 Å². The van der Waals surface area contributed by atoms with Crippen molar-refractivity contribution in [3.63, 3.8) is 0 Å². The summed E-state index contributed by atoms with van der Waals surface area (Å²) in [4.78, 5) is 22.2. The fraction of sp³-hybridized carbons (Fsp3) is 0.167. The van der Waals surface area contributed by atoms with Gasteiger partial charge in [0.05, 0.1) is 43.5 Å². The summed E-state index contributed by atoms with van der Waals surface area (Å²) < 4.78 is 13.2. The summed E-state index contributed by atoms with van der Waals surface area (Å²) in [5, 5.41) is 19.4. The molecule has 0 fully saturated rings. The predicted octanol–water partition coefficient (Wildman–Crippen LogP) is 2.81. The van der Waals surface area contributed by atoms with Crippen LogP contribution in [-0.4, -0.2) is 46.9 Å². The van der Waals surface area contributed by atoms with Gasteiger partial charge in [-0.3, -0.25) is 0 Å². The van der Waals surface area contributed by atoms with Gasteiger partial charge in [-0.2, -0.15) is 0 Å². The molecular weight excluding hydrogens is 414 g/mol. The van der Waals surface area contributed by atoms with E-state index in [0.717, 1.165) is 11.0 Å². The summed E-state index contributed by atoms with van der Waals surface area (Å²) in [5.74, 6) is -2.35. The van der Waals surface area contributed by atoms with Crippen molar-refractivity contribution in [1.29, 1.82) is 0 Å². The van der Waals surface area contributed by atoms with Crippen LogP contribution in [0.1, 0.15) is 26.3 Å². The molecule has 6 nitrogen and oxygen atoms in total. The van der Waals surface area contributed by atoms with E-state index in [9.17, 15) is 18.9 Å². The summed E-state index contributed by atoms with van der Waals surface area (Å²) in [7, 11) is 5.11. The van der Waals surface area contributed by atoms with Gasteiger partial charge in [0.15, 0.2) is 0 Å². The van der Waals surface area contributed by atoms with E-state index >= 15 is 0 Å². The van der Waals surface area contributed by atoms with Crippen LogP contribution in [0.4, 0.5) is 0 Å². The predicted molar refractivity (Wildman–Crippen MR) is 117 cm³/mol. The van der Waals surface area contributed by atoms with Crippen LogP contribution in [0, 0.1) is 0 Å². The largest absolute Gasteiger partial charge is 0.545 e. The number of aromatic carboxylic acids is 2. The van der Waals surface area contributed by atoms with Crippen LogP contribution in [0.15, 0.2) is 88.7 Å². The van der Waals surface area contributed by atoms with E-state index in [0.29, 0.717) is 9.79 Å². The van der Waals surface area contributed by atoms with Gasteiger partial charge in [-0.1, -0.05) is 42.5 Å². The Labute approximate surface area is 184 Å². The van der Waals surface area contributed by atoms with Crippen molar-refractivity contribution in [3.8, 4) is 0 Å². The first-order valence-corrected chi connectivity index (χ1v) is 10.6. The van der Waals surface area contributed by atoms with Crippen molar-refractivity contribution in [1.82, 2.24) is 0 Å². The Morgan fingerprint density at radius 1 is 0.806 bits per heavy atom. The third kappa shape index (κ3) is 7.81. The monoisotopic (exact) mass is 439 g/mol. The molecular formula is C24H25NO5S. The molecule has 31 heavy (non-hydrogen) atoms. The third-order valence-electron chi connectivity index (χ3n) is 4.12. The second-order valence-electron chi connectivity index (χ2n) is 7.84. The van der Waals surface area contributed by atoms with E-state index in [4.69, 9.17) is 5.11 Å². The van der Waals surface area contributed by atoms with Gasteiger partial charge in [0.25, 0.3) is 0 Å². The molecule has 0 spiro atoms. The average Bonchev–Trinajstić information content (AvgIpc) is 2.73. The lowest BCUT2D eigenvalue weighted by Gasteiger charge is -2.23. The first-order valence-electron chi connectivity index (χ1n) is 9.48. The molecule has 0 heterocycles. The Kier molecular flexibility index (Phi) is 8.24. The summed E-state index contributed by atoms with van der Waals surface area (Å²) in [6.07, 6.45) is 0. The number of carbonyl (C=O) groups excluding carboxylic acids is 1. The Morgan fingerprint density at radius 2 is 1.26 bits per heavy atom. The number of carboxylic acid groups (broad SMARTS) is 2. The number of carboxylic acids is 2. The van der Waals surface area contributed by atoms with E-state index in [1.54, 1.807) is 0 Å². The number of hydrogen-bond donors (Lipinski definition) is 1. The van der Waals surface area contributed by atoms with Crippen molar-refractivity contribution < 1.29 is 28.5 Å². The molecule has 0 aliphatic heterocycles. The highest BCUT2D eigenvalue weighted by molar-refractivity contribution is 7.85. The fourth-order valence-electron chi connectivity index (χ4n) is 2.70. The number of quaternary nitrogens is 1. The molecule has 162 valence electrons. The lowest BCUT2D eigenvalue weighted by molar-refractivity contribution is -0.884. The minimum absolute atomic E-state index is 0.00646. The molecule has 0 saturated carbocycles. The van der Waals surface area contributed by atoms with E-state index in [1.165, 1.54) is 54.1 Å². The first-order chi connectivity index (χ1) is 14.6. The lowest BCUT2D eigenvalue weighted by Crippen LogP contribution is -2.33. The zero-order valence-corrected chi connectivity index (χ0v) is 18.5. The first kappa shape index (κ1) is 24.0. The Balaban J connectivity index is 0.000000262. The molecule has 0 aliphatic rings. The van der Waals surface area contributed by atoms with Crippen molar-refractivity contribution in [2.45, 2.75) is 16.3 Å². The standard InChI is InChI=1S/C14H10O5S.C10H16N/c15-13(16)9-1-5-11(6-2-9)20(19)12-7-3-10(4-8-12)14(17)18;1-11(2,3)9-10-7-5-4-6-8-10/h1-8H,(H,15,16)(H,17,18);4-8H,9H2,1-3H3/q;+1/p-1. The Hall–Kier alpha value is -3.29. The van der Waals surface area contributed by atoms with Crippen LogP contribution < -0.4 is 5.11 Å². The van der Waals surface area contributed by atoms with E-state index in [2.05, 4.69) is 51.5 Å². The zero-order chi connectivity index (χ0) is 23.0. The molecule has 0 amide bonds. The van der Waals surface area contributed by atoms with Crippen LogP contribution in [0.25, 0.3) is 0 Å². The molecule has 1 unspecified atom stereocenters. The van der Waals surface area contributed by atoms with Crippen LogP contribution in [-0.2, 0) is 17.3 Å². The van der Waals surface area contributed by atoms with Crippen LogP contribution in [0.3, 0.4) is 0 Å². The molecule has 0 radical (unpaired) electrons. The zero-order valence-electron chi connectivity index (χ0n) is 17.6. The lowest BCUT2D eigenvalue weighted by atomic mass is 10.2. The Morgan fingerprint density at radius 3 is 1.65 bits per heavy atom. The van der Waals surface area contributed by atoms with Gasteiger partial charge in [-0.15, -0.1) is 0 Å². The highest BCUT2D eigenvalue weighted by atomic mass is 32.2. The van der Waals surface area contributed by atoms with Gasteiger partial charge < -0.3 is 19.5 Å². The quantitative estimate of drug-likeness (QED) is 0.596. The fourth-order valence-corrected chi connectivity index (χ4v) is 3.74. The average molecular weight is 440 g/mol. The maximum atomic E-state index is 12.2. The van der Waals surface area contributed by atoms with Crippen molar-refractivity contribution in [2.75, 3.05) is 21.1 Å².